The summed E-state index contributed by atoms with van der Waals surface area (Å²) in [5.41, 5.74) is 5.09. The summed E-state index contributed by atoms with van der Waals surface area (Å²) in [4.78, 5) is 4.29. The molecule has 2 rings (SSSR count). The topological polar surface area (TPSA) is 30.8 Å². The first-order chi connectivity index (χ1) is 14.7. The minimum Gasteiger partial charge on any atom is -0.467 e. The van der Waals surface area contributed by atoms with Crippen LogP contribution in [0, 0.1) is 6.92 Å². The number of aliphatic imine (C=N–C) groups is 1. The Morgan fingerprint density at radius 2 is 1.81 bits per heavy atom. The van der Waals surface area contributed by atoms with E-state index in [9.17, 15) is 0 Å². The minimum absolute atomic E-state index is 0.0389. The summed E-state index contributed by atoms with van der Waals surface area (Å²) >= 11 is 0. The summed E-state index contributed by atoms with van der Waals surface area (Å²) in [6, 6.07) is 13.3. The molecule has 0 amide bonds. The van der Waals surface area contributed by atoms with Gasteiger partial charge >= 0.3 is 0 Å². The van der Waals surface area contributed by atoms with E-state index in [2.05, 4.69) is 82.9 Å². The van der Waals surface area contributed by atoms with Crippen LogP contribution in [0.4, 0.5) is 0 Å². The smallest absolute Gasteiger partial charge is 0.188 e. The third-order valence-electron chi connectivity index (χ3n) is 5.73. The molecular formula is C27H40NO2P. The Labute approximate surface area is 191 Å². The normalized spacial score (nSPS) is 14.5. The molecule has 2 unspecified atom stereocenters. The molecule has 0 fully saturated rings. The zero-order valence-corrected chi connectivity index (χ0v) is 21.6. The molecule has 0 bridgehead atoms. The van der Waals surface area contributed by atoms with Crippen molar-refractivity contribution in [1.82, 2.24) is 0 Å². The third kappa shape index (κ3) is 6.64. The molecule has 0 aliphatic heterocycles. The highest BCUT2D eigenvalue weighted by molar-refractivity contribution is 7.48. The van der Waals surface area contributed by atoms with Crippen molar-refractivity contribution in [2.24, 2.45) is 4.99 Å². The van der Waals surface area contributed by atoms with Crippen LogP contribution in [-0.4, -0.2) is 27.2 Å². The highest BCUT2D eigenvalue weighted by atomic mass is 31.1. The van der Waals surface area contributed by atoms with E-state index in [0.717, 1.165) is 12.2 Å². The van der Waals surface area contributed by atoms with E-state index in [4.69, 9.17) is 9.47 Å². The van der Waals surface area contributed by atoms with Gasteiger partial charge in [-0.25, -0.2) is 0 Å². The fourth-order valence-corrected chi connectivity index (χ4v) is 5.57. The van der Waals surface area contributed by atoms with Gasteiger partial charge in [-0.05, 0) is 40.8 Å². The number of hydrogen-bond acceptors (Lipinski definition) is 3. The largest absolute Gasteiger partial charge is 0.467 e. The van der Waals surface area contributed by atoms with Crippen molar-refractivity contribution in [2.45, 2.75) is 71.4 Å². The molecule has 2 aromatic carbocycles. The lowest BCUT2D eigenvalue weighted by molar-refractivity contribution is 0.0495. The van der Waals surface area contributed by atoms with Gasteiger partial charge in [0.2, 0.25) is 0 Å². The Morgan fingerprint density at radius 1 is 1.10 bits per heavy atom. The molecule has 3 nitrogen and oxygen atoms in total. The molecule has 0 aromatic heterocycles. The molecule has 4 heteroatoms. The number of ether oxygens (including phenoxy) is 2. The monoisotopic (exact) mass is 441 g/mol. The van der Waals surface area contributed by atoms with Gasteiger partial charge in [0.1, 0.15) is 5.75 Å². The summed E-state index contributed by atoms with van der Waals surface area (Å²) in [5, 5.41) is 1.31. The summed E-state index contributed by atoms with van der Waals surface area (Å²) < 4.78 is 11.5. The molecule has 0 radical (unpaired) electrons. The van der Waals surface area contributed by atoms with Gasteiger partial charge in [-0.15, -0.1) is 0 Å². The average molecular weight is 442 g/mol. The summed E-state index contributed by atoms with van der Waals surface area (Å²) in [6.45, 7) is 13.9. The predicted octanol–water partition coefficient (Wildman–Crippen LogP) is 6.73. The molecule has 0 saturated carbocycles. The number of benzene rings is 2. The van der Waals surface area contributed by atoms with Crippen LogP contribution in [0.25, 0.3) is 0 Å². The Hall–Kier alpha value is -1.70. The third-order valence-corrected chi connectivity index (χ3v) is 7.52. The van der Waals surface area contributed by atoms with Crippen molar-refractivity contribution < 1.29 is 9.47 Å². The Morgan fingerprint density at radius 3 is 2.42 bits per heavy atom. The first kappa shape index (κ1) is 25.6. The van der Waals surface area contributed by atoms with E-state index in [1.807, 2.05) is 13.3 Å². The minimum atomic E-state index is -0.0389. The number of methoxy groups -OCH3 is 1. The van der Waals surface area contributed by atoms with Gasteiger partial charge in [-0.3, -0.25) is 4.99 Å². The molecule has 0 spiro atoms. The van der Waals surface area contributed by atoms with Crippen LogP contribution in [0.5, 0.6) is 5.75 Å². The van der Waals surface area contributed by atoms with E-state index >= 15 is 0 Å². The molecule has 2 aromatic rings. The molecule has 0 saturated heterocycles. The molecule has 31 heavy (non-hydrogen) atoms. The van der Waals surface area contributed by atoms with Crippen LogP contribution in [0.2, 0.25) is 0 Å². The van der Waals surface area contributed by atoms with E-state index < -0.39 is 0 Å². The maximum absolute atomic E-state index is 6.18. The maximum atomic E-state index is 6.18. The lowest BCUT2D eigenvalue weighted by atomic mass is 9.82. The van der Waals surface area contributed by atoms with Gasteiger partial charge in [-0.1, -0.05) is 92.4 Å². The van der Waals surface area contributed by atoms with Gasteiger partial charge in [0.15, 0.2) is 6.79 Å². The molecule has 0 heterocycles. The van der Waals surface area contributed by atoms with E-state index in [1.165, 1.54) is 40.4 Å². The van der Waals surface area contributed by atoms with Gasteiger partial charge in [-0.2, -0.15) is 0 Å². The second-order valence-electron chi connectivity index (χ2n) is 9.51. The molecule has 2 atom stereocenters. The SMILES string of the molecule is CCCCC(C)(Pc1ccccc1/C=N/C)c1cc(C(C)(C)C)cc(C)c1OCOC. The fraction of sp³-hybridized carbons (Fsp3) is 0.519. The Kier molecular flexibility index (Phi) is 9.28. The van der Waals surface area contributed by atoms with Crippen molar-refractivity contribution >= 4 is 20.1 Å². The lowest BCUT2D eigenvalue weighted by Crippen LogP contribution is -2.24. The van der Waals surface area contributed by atoms with Crippen molar-refractivity contribution in [3.8, 4) is 5.75 Å². The first-order valence-electron chi connectivity index (χ1n) is 11.2. The number of unbranched alkanes of at least 4 members (excludes halogenated alkanes) is 1. The van der Waals surface area contributed by atoms with Crippen LogP contribution in [-0.2, 0) is 15.3 Å². The van der Waals surface area contributed by atoms with Crippen LogP contribution in [0.15, 0.2) is 41.4 Å². The van der Waals surface area contributed by atoms with E-state index in [0.29, 0.717) is 8.58 Å². The van der Waals surface area contributed by atoms with Gasteiger partial charge in [0, 0.05) is 31.1 Å². The zero-order chi connectivity index (χ0) is 23.1. The first-order valence-corrected chi connectivity index (χ1v) is 12.2. The highest BCUT2D eigenvalue weighted by Crippen LogP contribution is 2.50. The summed E-state index contributed by atoms with van der Waals surface area (Å²) in [7, 11) is 4.12. The quantitative estimate of drug-likeness (QED) is 0.232. The Balaban J connectivity index is 2.69. The van der Waals surface area contributed by atoms with Crippen molar-refractivity contribution in [3.63, 3.8) is 0 Å². The standard InChI is InChI=1S/C27H40NO2P/c1-9-10-15-27(6,31-24-14-12-11-13-21(24)18-28-7)23-17-22(26(3,4)5)16-20(2)25(23)30-19-29-8/h11-14,16-18,31H,9-10,15,19H2,1-8H3/b28-18+. The number of nitrogens with zero attached hydrogens (tertiary/aromatic N) is 1. The second-order valence-corrected chi connectivity index (χ2v) is 11.4. The molecular weight excluding hydrogens is 401 g/mol. The molecule has 170 valence electrons. The highest BCUT2D eigenvalue weighted by Gasteiger charge is 2.33. The van der Waals surface area contributed by atoms with Gasteiger partial charge in [0.25, 0.3) is 0 Å². The number of hydrogen-bond donors (Lipinski definition) is 0. The van der Waals surface area contributed by atoms with Crippen LogP contribution < -0.4 is 10.0 Å². The fourth-order valence-electron chi connectivity index (χ4n) is 3.88. The van der Waals surface area contributed by atoms with Crippen molar-refractivity contribution in [2.75, 3.05) is 21.0 Å². The van der Waals surface area contributed by atoms with Gasteiger partial charge in [0.05, 0.1) is 0 Å². The number of aryl methyl sites for hydroxylation is 1. The van der Waals surface area contributed by atoms with E-state index in [-0.39, 0.29) is 17.4 Å². The van der Waals surface area contributed by atoms with Crippen LogP contribution in [0.3, 0.4) is 0 Å². The van der Waals surface area contributed by atoms with E-state index in [1.54, 1.807) is 7.11 Å². The van der Waals surface area contributed by atoms with Crippen LogP contribution >= 0.6 is 8.58 Å². The van der Waals surface area contributed by atoms with Gasteiger partial charge < -0.3 is 9.47 Å². The zero-order valence-electron chi connectivity index (χ0n) is 20.6. The maximum Gasteiger partial charge on any atom is 0.188 e. The summed E-state index contributed by atoms with van der Waals surface area (Å²) in [5.74, 6) is 0.975. The number of rotatable bonds is 10. The Bertz CT molecular complexity index is 885. The summed E-state index contributed by atoms with van der Waals surface area (Å²) in [6.07, 6.45) is 5.43. The molecule has 0 aliphatic carbocycles. The molecule has 0 N–H and O–H groups in total. The van der Waals surface area contributed by atoms with Crippen molar-refractivity contribution in [1.29, 1.82) is 0 Å². The molecule has 0 aliphatic rings. The second kappa shape index (κ2) is 11.2. The van der Waals surface area contributed by atoms with Crippen molar-refractivity contribution in [3.05, 3.63) is 58.7 Å². The lowest BCUT2D eigenvalue weighted by Gasteiger charge is -2.35. The average Bonchev–Trinajstić information content (AvgIpc) is 2.72. The predicted molar refractivity (Wildman–Crippen MR) is 137 cm³/mol. The van der Waals surface area contributed by atoms with Crippen LogP contribution in [0.1, 0.15) is 76.1 Å².